The van der Waals surface area contributed by atoms with Gasteiger partial charge in [0.25, 0.3) is 0 Å². The predicted octanol–water partition coefficient (Wildman–Crippen LogP) is 2.17. The summed E-state index contributed by atoms with van der Waals surface area (Å²) < 4.78 is 0. The summed E-state index contributed by atoms with van der Waals surface area (Å²) in [6, 6.07) is 9.49. The molecule has 0 aromatic heterocycles. The number of anilines is 1. The second-order valence-corrected chi connectivity index (χ2v) is 3.98. The summed E-state index contributed by atoms with van der Waals surface area (Å²) in [6.07, 6.45) is 0.870. The number of likely N-dealkylation sites (tertiary alicyclic amines) is 1. The Morgan fingerprint density at radius 1 is 1.31 bits per heavy atom. The van der Waals surface area contributed by atoms with Gasteiger partial charge >= 0.3 is 0 Å². The van der Waals surface area contributed by atoms with E-state index in [9.17, 15) is 0 Å². The van der Waals surface area contributed by atoms with Gasteiger partial charge in [-0.3, -0.25) is 0 Å². The third-order valence-electron chi connectivity index (χ3n) is 2.43. The molecule has 0 spiro atoms. The van der Waals surface area contributed by atoms with Crippen molar-refractivity contribution in [3.8, 4) is 0 Å². The Balaban J connectivity index is 0.000000165. The van der Waals surface area contributed by atoms with Crippen LogP contribution in [0.5, 0.6) is 0 Å². The molecule has 1 fully saturated rings. The van der Waals surface area contributed by atoms with Crippen LogP contribution in [0.15, 0.2) is 42.5 Å². The maximum atomic E-state index is 7.36. The molecule has 0 saturated carbocycles. The molecule has 0 bridgehead atoms. The molecule has 1 heterocycles. The van der Waals surface area contributed by atoms with Gasteiger partial charge in [0.15, 0.2) is 0 Å². The minimum absolute atomic E-state index is 0.730. The molecule has 1 aliphatic heterocycles. The predicted molar refractivity (Wildman–Crippen MR) is 69.8 cm³/mol. The molecule has 3 N–H and O–H groups in total. The minimum atomic E-state index is 0.730. The van der Waals surface area contributed by atoms with Gasteiger partial charge in [-0.05, 0) is 24.8 Å². The van der Waals surface area contributed by atoms with Gasteiger partial charge in [0.2, 0.25) is 0 Å². The van der Waals surface area contributed by atoms with Crippen LogP contribution in [0.25, 0.3) is 0 Å². The average molecular weight is 217 g/mol. The Labute approximate surface area is 97.1 Å². The number of hydrogen-bond acceptors (Lipinski definition) is 3. The summed E-state index contributed by atoms with van der Waals surface area (Å²) in [7, 11) is 2.05. The average Bonchev–Trinajstić information content (AvgIpc) is 2.26. The van der Waals surface area contributed by atoms with Crippen molar-refractivity contribution < 1.29 is 0 Å². The highest BCUT2D eigenvalue weighted by Crippen LogP contribution is 2.07. The van der Waals surface area contributed by atoms with Crippen LogP contribution in [-0.2, 0) is 0 Å². The lowest BCUT2D eigenvalue weighted by Gasteiger charge is -2.23. The Morgan fingerprint density at radius 2 is 1.94 bits per heavy atom. The number of para-hydroxylation sites is 1. The van der Waals surface area contributed by atoms with Crippen LogP contribution in [0.2, 0.25) is 0 Å². The fraction of sp³-hybridized carbons (Fsp3) is 0.308. The molecular weight excluding hydrogens is 198 g/mol. The summed E-state index contributed by atoms with van der Waals surface area (Å²) in [5.41, 5.74) is 7.88. The third kappa shape index (κ3) is 4.28. The van der Waals surface area contributed by atoms with E-state index in [0.717, 1.165) is 36.5 Å². The monoisotopic (exact) mass is 217 g/mol. The maximum Gasteiger partial charge on any atom is 0.0365 e. The van der Waals surface area contributed by atoms with Gasteiger partial charge in [-0.15, -0.1) is 0 Å². The number of piperidine rings is 1. The second-order valence-electron chi connectivity index (χ2n) is 3.98. The zero-order chi connectivity index (χ0) is 12.0. The van der Waals surface area contributed by atoms with Gasteiger partial charge in [0.1, 0.15) is 0 Å². The van der Waals surface area contributed by atoms with Crippen molar-refractivity contribution in [2.24, 2.45) is 0 Å². The van der Waals surface area contributed by atoms with Crippen LogP contribution in [0.3, 0.4) is 0 Å². The van der Waals surface area contributed by atoms with E-state index < -0.39 is 0 Å². The lowest BCUT2D eigenvalue weighted by atomic mass is 10.1. The molecule has 3 heteroatoms. The van der Waals surface area contributed by atoms with Crippen molar-refractivity contribution >= 4 is 11.4 Å². The van der Waals surface area contributed by atoms with Crippen LogP contribution in [0.4, 0.5) is 5.69 Å². The summed E-state index contributed by atoms with van der Waals surface area (Å²) >= 11 is 0. The van der Waals surface area contributed by atoms with E-state index in [0.29, 0.717) is 0 Å². The number of hydrogen-bond donors (Lipinski definition) is 2. The Kier molecular flexibility index (Phi) is 4.73. The molecule has 3 nitrogen and oxygen atoms in total. The SMILES string of the molecule is C=C1CN(C)CCC1=N.Nc1ccccc1. The first-order valence-corrected chi connectivity index (χ1v) is 5.34. The Bertz CT molecular complexity index is 357. The van der Waals surface area contributed by atoms with E-state index in [1.165, 1.54) is 0 Å². The molecule has 1 aromatic rings. The van der Waals surface area contributed by atoms with E-state index in [2.05, 4.69) is 18.5 Å². The van der Waals surface area contributed by atoms with Crippen molar-refractivity contribution in [3.63, 3.8) is 0 Å². The zero-order valence-electron chi connectivity index (χ0n) is 9.74. The molecule has 0 atom stereocenters. The Hall–Kier alpha value is -1.61. The van der Waals surface area contributed by atoms with E-state index >= 15 is 0 Å². The van der Waals surface area contributed by atoms with Gasteiger partial charge in [0, 0.05) is 30.9 Å². The number of nitrogens with zero attached hydrogens (tertiary/aromatic N) is 1. The van der Waals surface area contributed by atoms with Crippen molar-refractivity contribution in [1.29, 1.82) is 5.41 Å². The number of nitrogens with two attached hydrogens (primary N) is 1. The maximum absolute atomic E-state index is 7.36. The summed E-state index contributed by atoms with van der Waals surface area (Å²) in [6.45, 7) is 5.66. The van der Waals surface area contributed by atoms with Gasteiger partial charge in [-0.1, -0.05) is 24.8 Å². The van der Waals surface area contributed by atoms with Gasteiger partial charge in [-0.2, -0.15) is 0 Å². The standard InChI is InChI=1S/C7H12N2.C6H7N/c1-6-5-9(2)4-3-7(6)8;7-6-4-2-1-3-5-6/h8H,1,3-5H2,2H3;1-5H,7H2. The first-order chi connectivity index (χ1) is 7.59. The van der Waals surface area contributed by atoms with Crippen molar-refractivity contribution in [2.75, 3.05) is 25.9 Å². The van der Waals surface area contributed by atoms with E-state index in [1.54, 1.807) is 0 Å². The van der Waals surface area contributed by atoms with Crippen LogP contribution in [0.1, 0.15) is 6.42 Å². The van der Waals surface area contributed by atoms with Crippen molar-refractivity contribution in [3.05, 3.63) is 42.5 Å². The summed E-state index contributed by atoms with van der Waals surface area (Å²) in [5, 5.41) is 7.36. The minimum Gasteiger partial charge on any atom is -0.399 e. The first-order valence-electron chi connectivity index (χ1n) is 5.34. The molecule has 1 aliphatic rings. The van der Waals surface area contributed by atoms with Crippen LogP contribution in [0, 0.1) is 5.41 Å². The molecule has 2 rings (SSSR count). The van der Waals surface area contributed by atoms with Crippen molar-refractivity contribution in [2.45, 2.75) is 6.42 Å². The number of rotatable bonds is 0. The van der Waals surface area contributed by atoms with Gasteiger partial charge in [0.05, 0.1) is 0 Å². The highest BCUT2D eigenvalue weighted by atomic mass is 15.1. The fourth-order valence-electron chi connectivity index (χ4n) is 1.43. The summed E-state index contributed by atoms with van der Waals surface area (Å²) in [5.74, 6) is 0. The van der Waals surface area contributed by atoms with Gasteiger partial charge in [-0.25, -0.2) is 0 Å². The molecule has 0 unspecified atom stereocenters. The van der Waals surface area contributed by atoms with E-state index in [4.69, 9.17) is 11.1 Å². The second kappa shape index (κ2) is 6.08. The fourth-order valence-corrected chi connectivity index (χ4v) is 1.43. The van der Waals surface area contributed by atoms with Crippen LogP contribution >= 0.6 is 0 Å². The molecule has 1 saturated heterocycles. The van der Waals surface area contributed by atoms with Gasteiger partial charge < -0.3 is 16.0 Å². The highest BCUT2D eigenvalue weighted by molar-refractivity contribution is 5.98. The molecule has 16 heavy (non-hydrogen) atoms. The van der Waals surface area contributed by atoms with Crippen LogP contribution in [-0.4, -0.2) is 30.7 Å². The number of benzene rings is 1. The largest absolute Gasteiger partial charge is 0.399 e. The molecular formula is C13H19N3. The Morgan fingerprint density at radius 3 is 2.31 bits per heavy atom. The number of nitrogen functional groups attached to an aromatic ring is 1. The lowest BCUT2D eigenvalue weighted by molar-refractivity contribution is 0.365. The quantitative estimate of drug-likeness (QED) is 0.654. The zero-order valence-corrected chi connectivity index (χ0v) is 9.74. The topological polar surface area (TPSA) is 53.1 Å². The normalized spacial score (nSPS) is 16.6. The first kappa shape index (κ1) is 12.5. The van der Waals surface area contributed by atoms with E-state index in [1.807, 2.05) is 30.3 Å². The highest BCUT2D eigenvalue weighted by Gasteiger charge is 2.12. The smallest absolute Gasteiger partial charge is 0.0365 e. The molecule has 86 valence electrons. The summed E-state index contributed by atoms with van der Waals surface area (Å²) in [4.78, 5) is 2.18. The number of nitrogens with one attached hydrogen (secondary N) is 1. The molecule has 0 aliphatic carbocycles. The number of likely N-dealkylation sites (N-methyl/N-ethyl adjacent to an activating group) is 1. The third-order valence-corrected chi connectivity index (χ3v) is 2.43. The molecule has 0 amide bonds. The molecule has 0 radical (unpaired) electrons. The van der Waals surface area contributed by atoms with Crippen LogP contribution < -0.4 is 5.73 Å². The van der Waals surface area contributed by atoms with Crippen molar-refractivity contribution in [1.82, 2.24) is 4.90 Å². The lowest BCUT2D eigenvalue weighted by Crippen LogP contribution is -2.31. The van der Waals surface area contributed by atoms with E-state index in [-0.39, 0.29) is 0 Å². The molecule has 1 aromatic carbocycles.